The van der Waals surface area contributed by atoms with Gasteiger partial charge in [0.05, 0.1) is 34.9 Å². The fourth-order valence-corrected chi connectivity index (χ4v) is 7.91. The maximum atomic E-state index is 14.7. The van der Waals surface area contributed by atoms with Gasteiger partial charge in [0.2, 0.25) is 0 Å². The molecule has 1 aromatic carbocycles. The van der Waals surface area contributed by atoms with Crippen LogP contribution in [0.25, 0.3) is 21.3 Å². The number of thiophene rings is 1. The molecule has 5 heterocycles. The Balaban J connectivity index is 1.68. The Morgan fingerprint density at radius 3 is 2.55 bits per heavy atom. The number of nitrogens with one attached hydrogen (secondary N) is 1. The predicted molar refractivity (Wildman–Crippen MR) is 143 cm³/mol. The van der Waals surface area contributed by atoms with Gasteiger partial charge in [-0.05, 0) is 26.0 Å². The van der Waals surface area contributed by atoms with E-state index in [-0.39, 0.29) is 36.1 Å². The first-order valence-corrected chi connectivity index (χ1v) is 14.3. The summed E-state index contributed by atoms with van der Waals surface area (Å²) < 4.78 is 47.3. The number of rotatable bonds is 3. The first-order valence-electron chi connectivity index (χ1n) is 12.0. The van der Waals surface area contributed by atoms with E-state index in [0.29, 0.717) is 44.5 Å². The van der Waals surface area contributed by atoms with Gasteiger partial charge in [0.1, 0.15) is 5.82 Å². The van der Waals surface area contributed by atoms with Crippen molar-refractivity contribution in [3.05, 3.63) is 51.0 Å². The maximum Gasteiger partial charge on any atom is 0.417 e. The second kappa shape index (κ2) is 9.54. The van der Waals surface area contributed by atoms with Gasteiger partial charge in [-0.1, -0.05) is 16.8 Å². The normalized spacial score (nSPS) is 22.2. The smallest absolute Gasteiger partial charge is 0.353 e. The fourth-order valence-electron chi connectivity index (χ4n) is 5.37. The van der Waals surface area contributed by atoms with Gasteiger partial charge in [-0.25, -0.2) is 9.48 Å². The van der Waals surface area contributed by atoms with Crippen molar-refractivity contribution in [3.8, 4) is 10.4 Å². The summed E-state index contributed by atoms with van der Waals surface area (Å²) in [6, 6.07) is 2.55. The minimum Gasteiger partial charge on any atom is -0.353 e. The summed E-state index contributed by atoms with van der Waals surface area (Å²) in [6.07, 6.45) is -1.41. The lowest BCUT2D eigenvalue weighted by molar-refractivity contribution is -0.137. The van der Waals surface area contributed by atoms with Crippen molar-refractivity contribution in [1.82, 2.24) is 29.9 Å². The molecule has 6 rings (SSSR count). The first-order chi connectivity index (χ1) is 18.1. The third kappa shape index (κ3) is 4.48. The lowest BCUT2D eigenvalue weighted by Crippen LogP contribution is -2.55. The van der Waals surface area contributed by atoms with Gasteiger partial charge in [0.15, 0.2) is 0 Å². The predicted octanol–water partition coefficient (Wildman–Crippen LogP) is 4.92. The summed E-state index contributed by atoms with van der Waals surface area (Å²) >= 11 is 8.60. The van der Waals surface area contributed by atoms with E-state index in [1.54, 1.807) is 22.3 Å². The standard InChI is InChI=1S/C24H23ClF3N7OS2/c1-12-7-33(8-13(2)30-12)22-16-6-17(24(26,27)28)19(18-5-14(25)10-37-18)21-20(16)34(23(36)31-22)9-15(11-38-21)35-4-3-29-32-35/h3-6,10,12-13,15,30H,7-9,11H2,1-2H3/t12-,13+,15-/m0/s1. The molecule has 4 aromatic rings. The van der Waals surface area contributed by atoms with E-state index in [1.165, 1.54) is 22.5 Å². The van der Waals surface area contributed by atoms with Gasteiger partial charge < -0.3 is 10.2 Å². The van der Waals surface area contributed by atoms with Crippen molar-refractivity contribution in [2.75, 3.05) is 23.7 Å². The summed E-state index contributed by atoms with van der Waals surface area (Å²) in [5.41, 5.74) is -0.776. The van der Waals surface area contributed by atoms with Crippen LogP contribution in [0.15, 0.2) is 39.6 Å². The molecule has 0 aliphatic carbocycles. The van der Waals surface area contributed by atoms with Gasteiger partial charge in [-0.15, -0.1) is 28.2 Å². The lowest BCUT2D eigenvalue weighted by Gasteiger charge is -2.37. The van der Waals surface area contributed by atoms with Gasteiger partial charge in [0.25, 0.3) is 0 Å². The summed E-state index contributed by atoms with van der Waals surface area (Å²) in [6.45, 7) is 5.25. The average molecular weight is 582 g/mol. The Kier molecular flexibility index (Phi) is 6.44. The van der Waals surface area contributed by atoms with Crippen LogP contribution in [-0.2, 0) is 12.7 Å². The Labute approximate surface area is 228 Å². The van der Waals surface area contributed by atoms with Crippen LogP contribution in [0.5, 0.6) is 0 Å². The highest BCUT2D eigenvalue weighted by Crippen LogP contribution is 2.50. The van der Waals surface area contributed by atoms with Crippen molar-refractivity contribution < 1.29 is 13.2 Å². The number of thioether (sulfide) groups is 1. The fraction of sp³-hybridized carbons (Fsp3) is 0.417. The zero-order valence-electron chi connectivity index (χ0n) is 20.4. The van der Waals surface area contributed by atoms with Gasteiger partial charge in [-0.2, -0.15) is 18.2 Å². The van der Waals surface area contributed by atoms with E-state index in [4.69, 9.17) is 11.6 Å². The van der Waals surface area contributed by atoms with Crippen LogP contribution in [0.4, 0.5) is 19.0 Å². The quantitative estimate of drug-likeness (QED) is 0.368. The molecule has 38 heavy (non-hydrogen) atoms. The largest absolute Gasteiger partial charge is 0.417 e. The summed E-state index contributed by atoms with van der Waals surface area (Å²) in [5, 5.41) is 13.7. The molecule has 2 aliphatic rings. The van der Waals surface area contributed by atoms with Crippen molar-refractivity contribution in [2.45, 2.75) is 49.6 Å². The number of anilines is 1. The number of benzene rings is 1. The van der Waals surface area contributed by atoms with Crippen LogP contribution in [0, 0.1) is 0 Å². The first kappa shape index (κ1) is 25.7. The number of hydrogen-bond acceptors (Lipinski definition) is 8. The molecule has 14 heteroatoms. The SMILES string of the molecule is C[C@@H]1CN(c2nc(=O)n3c4c(c(-c5cc(Cl)cs5)c(C(F)(F)F)cc24)SC[C@@H](n2ccnn2)C3)C[C@H](C)N1. The molecule has 0 saturated carbocycles. The van der Waals surface area contributed by atoms with E-state index in [9.17, 15) is 18.0 Å². The Bertz CT molecular complexity index is 1560. The Hall–Kier alpha value is -2.61. The van der Waals surface area contributed by atoms with E-state index >= 15 is 0 Å². The molecular formula is C24H23ClF3N7OS2. The molecule has 0 spiro atoms. The summed E-state index contributed by atoms with van der Waals surface area (Å²) in [4.78, 5) is 20.7. The maximum absolute atomic E-state index is 14.7. The molecule has 3 atom stereocenters. The van der Waals surface area contributed by atoms with Crippen LogP contribution in [0.3, 0.4) is 0 Å². The minimum absolute atomic E-state index is 0.0403. The molecule has 0 radical (unpaired) electrons. The molecule has 1 N–H and O–H groups in total. The second-order valence-corrected chi connectivity index (χ2v) is 12.1. The van der Waals surface area contributed by atoms with Gasteiger partial charge in [-0.3, -0.25) is 4.57 Å². The molecule has 2 aliphatic heterocycles. The second-order valence-electron chi connectivity index (χ2n) is 9.70. The van der Waals surface area contributed by atoms with Gasteiger partial charge >= 0.3 is 11.9 Å². The third-order valence-corrected chi connectivity index (χ3v) is 9.34. The van der Waals surface area contributed by atoms with Crippen LogP contribution in [0.2, 0.25) is 5.02 Å². The summed E-state index contributed by atoms with van der Waals surface area (Å²) in [7, 11) is 0. The monoisotopic (exact) mass is 581 g/mol. The lowest BCUT2D eigenvalue weighted by atomic mass is 10.0. The average Bonchev–Trinajstić information content (AvgIpc) is 3.48. The highest BCUT2D eigenvalue weighted by molar-refractivity contribution is 7.99. The topological polar surface area (TPSA) is 80.9 Å². The molecule has 0 unspecified atom stereocenters. The number of piperazine rings is 1. The van der Waals surface area contributed by atoms with Crippen molar-refractivity contribution in [2.24, 2.45) is 0 Å². The number of hydrogen-bond donors (Lipinski definition) is 1. The molecule has 1 saturated heterocycles. The molecule has 8 nitrogen and oxygen atoms in total. The third-order valence-electron chi connectivity index (χ3n) is 6.80. The molecule has 200 valence electrons. The van der Waals surface area contributed by atoms with E-state index in [0.717, 1.165) is 17.4 Å². The zero-order valence-corrected chi connectivity index (χ0v) is 22.8. The van der Waals surface area contributed by atoms with Crippen LogP contribution < -0.4 is 15.9 Å². The number of alkyl halides is 3. The Morgan fingerprint density at radius 2 is 1.92 bits per heavy atom. The molecular weight excluding hydrogens is 559 g/mol. The molecule has 0 bridgehead atoms. The van der Waals surface area contributed by atoms with E-state index in [2.05, 4.69) is 20.6 Å². The van der Waals surface area contributed by atoms with Crippen molar-refractivity contribution in [1.29, 1.82) is 0 Å². The van der Waals surface area contributed by atoms with E-state index < -0.39 is 17.4 Å². The molecule has 1 fully saturated rings. The van der Waals surface area contributed by atoms with Crippen molar-refractivity contribution in [3.63, 3.8) is 0 Å². The van der Waals surface area contributed by atoms with E-state index in [1.807, 2.05) is 18.7 Å². The molecule has 0 amide bonds. The zero-order chi connectivity index (χ0) is 26.8. The summed E-state index contributed by atoms with van der Waals surface area (Å²) in [5.74, 6) is 0.674. The number of nitrogens with zero attached hydrogens (tertiary/aromatic N) is 6. The van der Waals surface area contributed by atoms with Crippen LogP contribution in [-0.4, -0.2) is 55.5 Å². The Morgan fingerprint density at radius 1 is 1.16 bits per heavy atom. The van der Waals surface area contributed by atoms with Crippen molar-refractivity contribution >= 4 is 51.4 Å². The highest BCUT2D eigenvalue weighted by Gasteiger charge is 2.39. The highest BCUT2D eigenvalue weighted by atomic mass is 35.5. The minimum atomic E-state index is -4.64. The van der Waals surface area contributed by atoms with Gasteiger partial charge in [0, 0.05) is 63.2 Å². The number of halogens is 4. The number of aromatic nitrogens is 5. The van der Waals surface area contributed by atoms with Crippen LogP contribution >= 0.6 is 34.7 Å². The van der Waals surface area contributed by atoms with Crippen LogP contribution in [0.1, 0.15) is 25.5 Å². The molecule has 3 aromatic heterocycles.